The lowest BCUT2D eigenvalue weighted by Crippen LogP contribution is -2.06. The molecule has 1 aromatic heterocycles. The van der Waals surface area contributed by atoms with Crippen LogP contribution in [0.5, 0.6) is 0 Å². The minimum atomic E-state index is -2.14. The molecule has 2 aromatic rings. The van der Waals surface area contributed by atoms with Gasteiger partial charge in [0.05, 0.1) is 19.6 Å². The summed E-state index contributed by atoms with van der Waals surface area (Å²) in [7, 11) is 1.75. The van der Waals surface area contributed by atoms with Crippen LogP contribution in [0.15, 0.2) is 41.7 Å². The van der Waals surface area contributed by atoms with E-state index in [4.69, 9.17) is 0 Å². The summed E-state index contributed by atoms with van der Waals surface area (Å²) in [6, 6.07) is 8.23. The molecule has 7 heteroatoms. The zero-order chi connectivity index (χ0) is 17.8. The number of hydrogen-bond donors (Lipinski definition) is 1. The van der Waals surface area contributed by atoms with Crippen molar-refractivity contribution in [2.45, 2.75) is 13.8 Å². The number of aromatic amines is 1. The highest BCUT2D eigenvalue weighted by Gasteiger charge is 1.97. The van der Waals surface area contributed by atoms with Crippen molar-refractivity contribution in [3.05, 3.63) is 42.2 Å². The summed E-state index contributed by atoms with van der Waals surface area (Å²) >= 11 is 0. The average molecular weight is 351 g/mol. The van der Waals surface area contributed by atoms with Crippen molar-refractivity contribution in [1.82, 2.24) is 9.88 Å². The molecule has 0 spiro atoms. The molecule has 24 heavy (non-hydrogen) atoms. The SMILES string of the molecule is CCO[PH](=O)OCC.CN(C)/C=N/C=C/c1c[nH]c2ccccc12. The van der Waals surface area contributed by atoms with Gasteiger partial charge in [0.25, 0.3) is 0 Å². The molecule has 0 saturated heterocycles. The molecule has 0 atom stereocenters. The summed E-state index contributed by atoms with van der Waals surface area (Å²) in [5.74, 6) is 0. The van der Waals surface area contributed by atoms with Crippen LogP contribution in [0.1, 0.15) is 19.4 Å². The normalized spacial score (nSPS) is 11.4. The minimum absolute atomic E-state index is 0.456. The maximum Gasteiger partial charge on any atom is 0.319 e. The van der Waals surface area contributed by atoms with E-state index in [1.165, 1.54) is 5.39 Å². The Morgan fingerprint density at radius 2 is 1.88 bits per heavy atom. The number of nitrogens with zero attached hydrogens (tertiary/aromatic N) is 2. The van der Waals surface area contributed by atoms with E-state index < -0.39 is 8.25 Å². The first kappa shape index (κ1) is 20.2. The second kappa shape index (κ2) is 11.6. The predicted octanol–water partition coefficient (Wildman–Crippen LogP) is 4.18. The third-order valence-corrected chi connectivity index (χ3v) is 3.83. The molecule has 1 N–H and O–H groups in total. The zero-order valence-corrected chi connectivity index (χ0v) is 15.7. The molecular formula is C17H26N3O3P. The van der Waals surface area contributed by atoms with Gasteiger partial charge in [-0.15, -0.1) is 0 Å². The van der Waals surface area contributed by atoms with Crippen molar-refractivity contribution < 1.29 is 13.6 Å². The summed E-state index contributed by atoms with van der Waals surface area (Å²) in [6.45, 7) is 4.47. The van der Waals surface area contributed by atoms with Crippen molar-refractivity contribution in [3.63, 3.8) is 0 Å². The van der Waals surface area contributed by atoms with Crippen molar-refractivity contribution in [1.29, 1.82) is 0 Å². The third kappa shape index (κ3) is 7.59. The molecule has 0 aliphatic heterocycles. The van der Waals surface area contributed by atoms with Gasteiger partial charge in [-0.25, -0.2) is 4.99 Å². The molecule has 0 aliphatic carbocycles. The maximum absolute atomic E-state index is 10.4. The number of H-pyrrole nitrogens is 1. The van der Waals surface area contributed by atoms with E-state index in [2.05, 4.69) is 31.2 Å². The Labute approximate surface area is 144 Å². The van der Waals surface area contributed by atoms with Crippen LogP contribution < -0.4 is 0 Å². The van der Waals surface area contributed by atoms with Gasteiger partial charge in [0.15, 0.2) is 0 Å². The first-order valence-electron chi connectivity index (χ1n) is 7.80. The first-order valence-corrected chi connectivity index (χ1v) is 9.02. The molecule has 132 valence electrons. The smallest absolute Gasteiger partial charge is 0.319 e. The fraction of sp³-hybridized carbons (Fsp3) is 0.353. The summed E-state index contributed by atoms with van der Waals surface area (Å²) in [5.41, 5.74) is 2.31. The Bertz CT molecular complexity index is 673. The maximum atomic E-state index is 10.4. The van der Waals surface area contributed by atoms with E-state index in [1.807, 2.05) is 43.4 Å². The fourth-order valence-corrected chi connectivity index (χ4v) is 2.36. The van der Waals surface area contributed by atoms with E-state index in [0.29, 0.717) is 13.2 Å². The van der Waals surface area contributed by atoms with Gasteiger partial charge in [0.2, 0.25) is 0 Å². The Morgan fingerprint density at radius 3 is 2.50 bits per heavy atom. The summed E-state index contributed by atoms with van der Waals surface area (Å²) in [5, 5.41) is 1.22. The number of aromatic nitrogens is 1. The van der Waals surface area contributed by atoms with Crippen LogP contribution in [0.4, 0.5) is 0 Å². The van der Waals surface area contributed by atoms with Crippen molar-refractivity contribution >= 4 is 31.6 Å². The van der Waals surface area contributed by atoms with Gasteiger partial charge in [-0.2, -0.15) is 0 Å². The highest BCUT2D eigenvalue weighted by atomic mass is 31.1. The Hall–Kier alpha value is -1.88. The molecule has 1 heterocycles. The molecule has 0 amide bonds. The monoisotopic (exact) mass is 351 g/mol. The van der Waals surface area contributed by atoms with Gasteiger partial charge < -0.3 is 18.9 Å². The first-order chi connectivity index (χ1) is 11.6. The van der Waals surface area contributed by atoms with Crippen LogP contribution >= 0.6 is 8.25 Å². The number of para-hydroxylation sites is 1. The topological polar surface area (TPSA) is 66.9 Å². The number of aliphatic imine (C=N–C) groups is 1. The molecule has 0 bridgehead atoms. The van der Waals surface area contributed by atoms with Crippen LogP contribution in [0.25, 0.3) is 17.0 Å². The highest BCUT2D eigenvalue weighted by molar-refractivity contribution is 7.33. The largest absolute Gasteiger partial charge is 0.369 e. The number of hydrogen-bond acceptors (Lipinski definition) is 4. The van der Waals surface area contributed by atoms with Gasteiger partial charge in [-0.3, -0.25) is 4.57 Å². The minimum Gasteiger partial charge on any atom is -0.369 e. The van der Waals surface area contributed by atoms with Crippen molar-refractivity contribution in [2.75, 3.05) is 27.3 Å². The molecule has 0 unspecified atom stereocenters. The third-order valence-electron chi connectivity index (χ3n) is 2.78. The number of rotatable bonds is 7. The molecule has 2 rings (SSSR count). The van der Waals surface area contributed by atoms with Crippen LogP contribution in [0.3, 0.4) is 0 Å². The summed E-state index contributed by atoms with van der Waals surface area (Å²) < 4.78 is 19.6. The van der Waals surface area contributed by atoms with Gasteiger partial charge in [0.1, 0.15) is 0 Å². The molecule has 0 aliphatic rings. The number of benzene rings is 1. The van der Waals surface area contributed by atoms with Crippen molar-refractivity contribution in [2.24, 2.45) is 4.99 Å². The fourth-order valence-electron chi connectivity index (χ4n) is 1.80. The van der Waals surface area contributed by atoms with Crippen molar-refractivity contribution in [3.8, 4) is 0 Å². The van der Waals surface area contributed by atoms with Crippen LogP contribution in [0, 0.1) is 0 Å². The molecule has 0 saturated carbocycles. The van der Waals surface area contributed by atoms with E-state index >= 15 is 0 Å². The van der Waals surface area contributed by atoms with Crippen LogP contribution in [0.2, 0.25) is 0 Å². The second-order valence-corrected chi connectivity index (χ2v) is 6.03. The number of fused-ring (bicyclic) bond motifs is 1. The zero-order valence-electron chi connectivity index (χ0n) is 14.7. The van der Waals surface area contributed by atoms with Gasteiger partial charge in [0, 0.05) is 43.0 Å². The van der Waals surface area contributed by atoms with Gasteiger partial charge >= 0.3 is 8.25 Å². The van der Waals surface area contributed by atoms with Crippen LogP contribution in [-0.2, 0) is 13.6 Å². The Morgan fingerprint density at radius 1 is 1.21 bits per heavy atom. The summed E-state index contributed by atoms with van der Waals surface area (Å²) in [6.07, 6.45) is 7.56. The van der Waals surface area contributed by atoms with E-state index in [1.54, 1.807) is 26.4 Å². The molecular weight excluding hydrogens is 325 g/mol. The molecule has 0 radical (unpaired) electrons. The highest BCUT2D eigenvalue weighted by Crippen LogP contribution is 2.22. The number of nitrogens with one attached hydrogen (secondary N) is 1. The molecule has 6 nitrogen and oxygen atoms in total. The summed E-state index contributed by atoms with van der Waals surface area (Å²) in [4.78, 5) is 9.29. The van der Waals surface area contributed by atoms with E-state index in [-0.39, 0.29) is 0 Å². The van der Waals surface area contributed by atoms with Crippen LogP contribution in [-0.4, -0.2) is 43.5 Å². The van der Waals surface area contributed by atoms with Gasteiger partial charge in [-0.1, -0.05) is 18.2 Å². The van der Waals surface area contributed by atoms with Gasteiger partial charge in [-0.05, 0) is 26.0 Å². The molecule has 1 aromatic carbocycles. The van der Waals surface area contributed by atoms with E-state index in [0.717, 1.165) is 11.1 Å². The average Bonchev–Trinajstić information content (AvgIpc) is 2.96. The Balaban J connectivity index is 0.000000307. The van der Waals surface area contributed by atoms with E-state index in [9.17, 15) is 4.57 Å². The molecule has 0 fully saturated rings. The lowest BCUT2D eigenvalue weighted by molar-refractivity contribution is 0.243. The lowest BCUT2D eigenvalue weighted by atomic mass is 10.2. The quantitative estimate of drug-likeness (QED) is 0.462. The lowest BCUT2D eigenvalue weighted by Gasteiger charge is -1.99. The second-order valence-electron chi connectivity index (χ2n) is 4.95. The standard InChI is InChI=1S/C13H15N3.C4H11O3P/c1-16(2)10-14-8-7-11-9-15-13-6-4-3-5-12(11)13;1-3-6-8(5)7-4-2/h3-10,15H,1-2H3;8H,3-4H2,1-2H3/b8-7+,14-10+;. The predicted molar refractivity (Wildman–Crippen MR) is 102 cm³/mol. The Kier molecular flexibility index (Phi) is 9.77.